The van der Waals surface area contributed by atoms with Crippen LogP contribution in [0.4, 0.5) is 5.69 Å². The number of para-hydroxylation sites is 1. The molecule has 0 unspecified atom stereocenters. The van der Waals surface area contributed by atoms with Gasteiger partial charge in [-0.1, -0.05) is 47.5 Å². The Morgan fingerprint density at radius 3 is 2.64 bits per heavy atom. The van der Waals surface area contributed by atoms with Crippen molar-refractivity contribution in [1.82, 2.24) is 5.43 Å². The molecular formula is C18H15Cl2N3O2. The highest BCUT2D eigenvalue weighted by Crippen LogP contribution is 2.25. The van der Waals surface area contributed by atoms with Crippen LogP contribution in [0.25, 0.3) is 0 Å². The minimum absolute atomic E-state index is 0.0696. The second-order valence-corrected chi connectivity index (χ2v) is 6.46. The van der Waals surface area contributed by atoms with Gasteiger partial charge in [0.05, 0.1) is 22.2 Å². The van der Waals surface area contributed by atoms with Crippen LogP contribution in [0, 0.1) is 5.92 Å². The normalized spacial score (nSPS) is 17.3. The number of amides is 2. The van der Waals surface area contributed by atoms with Crippen LogP contribution in [0.2, 0.25) is 10.0 Å². The predicted octanol–water partition coefficient (Wildman–Crippen LogP) is 3.50. The van der Waals surface area contributed by atoms with Crippen LogP contribution in [0.15, 0.2) is 53.6 Å². The lowest BCUT2D eigenvalue weighted by Crippen LogP contribution is -2.30. The fourth-order valence-electron chi connectivity index (χ4n) is 2.60. The smallest absolute Gasteiger partial charge is 0.245 e. The molecule has 128 valence electrons. The maximum atomic E-state index is 12.2. The third kappa shape index (κ3) is 4.18. The number of hydrogen-bond acceptors (Lipinski definition) is 3. The molecule has 1 aliphatic heterocycles. The van der Waals surface area contributed by atoms with Crippen molar-refractivity contribution in [3.63, 3.8) is 0 Å². The van der Waals surface area contributed by atoms with Gasteiger partial charge in [-0.3, -0.25) is 9.59 Å². The summed E-state index contributed by atoms with van der Waals surface area (Å²) in [5.41, 5.74) is 3.98. The average molecular weight is 376 g/mol. The van der Waals surface area contributed by atoms with Gasteiger partial charge in [0.15, 0.2) is 0 Å². The fourth-order valence-corrected chi connectivity index (χ4v) is 2.90. The van der Waals surface area contributed by atoms with E-state index in [0.717, 1.165) is 5.69 Å². The van der Waals surface area contributed by atoms with Crippen LogP contribution in [0.3, 0.4) is 0 Å². The van der Waals surface area contributed by atoms with Crippen LogP contribution >= 0.6 is 23.2 Å². The lowest BCUT2D eigenvalue weighted by atomic mass is 10.1. The summed E-state index contributed by atoms with van der Waals surface area (Å²) in [5, 5.41) is 4.79. The molecule has 3 rings (SSSR count). The zero-order valence-corrected chi connectivity index (χ0v) is 14.7. The van der Waals surface area contributed by atoms with Crippen molar-refractivity contribution in [1.29, 1.82) is 0 Å². The number of halogens is 2. The number of benzene rings is 2. The Morgan fingerprint density at radius 1 is 1.16 bits per heavy atom. The Kier molecular flexibility index (Phi) is 5.36. The summed E-state index contributed by atoms with van der Waals surface area (Å²) >= 11 is 11.8. The number of nitrogens with zero attached hydrogens (tertiary/aromatic N) is 2. The number of hydrazone groups is 1. The van der Waals surface area contributed by atoms with Gasteiger partial charge >= 0.3 is 0 Å². The number of carbonyl (C=O) groups excluding carboxylic acids is 2. The second-order valence-electron chi connectivity index (χ2n) is 5.65. The molecule has 7 heteroatoms. The topological polar surface area (TPSA) is 61.8 Å². The maximum Gasteiger partial charge on any atom is 0.245 e. The van der Waals surface area contributed by atoms with Crippen molar-refractivity contribution in [2.45, 2.75) is 6.42 Å². The number of nitrogens with one attached hydrogen (secondary N) is 1. The fraction of sp³-hybridized carbons (Fsp3) is 0.167. The number of carbonyl (C=O) groups is 2. The van der Waals surface area contributed by atoms with Crippen LogP contribution in [-0.4, -0.2) is 24.6 Å². The summed E-state index contributed by atoms with van der Waals surface area (Å²) in [7, 11) is 0. The van der Waals surface area contributed by atoms with Crippen molar-refractivity contribution >= 4 is 46.9 Å². The molecule has 1 fully saturated rings. The van der Waals surface area contributed by atoms with E-state index in [1.165, 1.54) is 6.21 Å². The molecule has 0 spiro atoms. The molecule has 0 bridgehead atoms. The van der Waals surface area contributed by atoms with E-state index in [0.29, 0.717) is 22.2 Å². The van der Waals surface area contributed by atoms with E-state index in [9.17, 15) is 9.59 Å². The summed E-state index contributed by atoms with van der Waals surface area (Å²) < 4.78 is 0. The molecule has 2 aromatic carbocycles. The molecule has 2 amide bonds. The van der Waals surface area contributed by atoms with Crippen LogP contribution < -0.4 is 10.3 Å². The molecule has 1 N–H and O–H groups in total. The molecular weight excluding hydrogens is 361 g/mol. The summed E-state index contributed by atoms with van der Waals surface area (Å²) in [6, 6.07) is 14.3. The van der Waals surface area contributed by atoms with E-state index in [2.05, 4.69) is 10.5 Å². The van der Waals surface area contributed by atoms with E-state index >= 15 is 0 Å². The first-order valence-electron chi connectivity index (χ1n) is 7.68. The number of anilines is 1. The monoisotopic (exact) mass is 375 g/mol. The second kappa shape index (κ2) is 7.68. The average Bonchev–Trinajstić information content (AvgIpc) is 3.01. The lowest BCUT2D eigenvalue weighted by Gasteiger charge is -2.16. The Bertz CT molecular complexity index is 824. The summed E-state index contributed by atoms with van der Waals surface area (Å²) in [6.45, 7) is 0.344. The SMILES string of the molecule is O=C(N/N=C\c1ccc(Cl)c(Cl)c1)[C@@H]1CC(=O)N(c2ccccc2)C1. The highest BCUT2D eigenvalue weighted by Gasteiger charge is 2.34. The maximum absolute atomic E-state index is 12.2. The van der Waals surface area contributed by atoms with Crippen molar-refractivity contribution in [3.05, 3.63) is 64.1 Å². The molecule has 2 aromatic rings. The zero-order valence-electron chi connectivity index (χ0n) is 13.2. The Balaban J connectivity index is 1.59. The standard InChI is InChI=1S/C18H15Cl2N3O2/c19-15-7-6-12(8-16(15)20)10-21-22-18(25)13-9-17(24)23(11-13)14-4-2-1-3-5-14/h1-8,10,13H,9,11H2,(H,22,25)/b21-10-/t13-/m1/s1. The number of rotatable bonds is 4. The molecule has 0 aliphatic carbocycles. The van der Waals surface area contributed by atoms with Gasteiger partial charge in [-0.15, -0.1) is 0 Å². The largest absolute Gasteiger partial charge is 0.312 e. The van der Waals surface area contributed by atoms with Gasteiger partial charge in [0.25, 0.3) is 0 Å². The van der Waals surface area contributed by atoms with Crippen LogP contribution in [-0.2, 0) is 9.59 Å². The molecule has 25 heavy (non-hydrogen) atoms. The van der Waals surface area contributed by atoms with Crippen LogP contribution in [0.5, 0.6) is 0 Å². The van der Waals surface area contributed by atoms with Gasteiger partial charge in [-0.05, 0) is 29.8 Å². The molecule has 5 nitrogen and oxygen atoms in total. The summed E-state index contributed by atoms with van der Waals surface area (Å²) in [5.74, 6) is -0.790. The van der Waals surface area contributed by atoms with Gasteiger partial charge in [0.2, 0.25) is 11.8 Å². The molecule has 1 aliphatic rings. The van der Waals surface area contributed by atoms with E-state index in [4.69, 9.17) is 23.2 Å². The first-order valence-corrected chi connectivity index (χ1v) is 8.43. The summed E-state index contributed by atoms with van der Waals surface area (Å²) in [6.07, 6.45) is 1.65. The van der Waals surface area contributed by atoms with Crippen LogP contribution in [0.1, 0.15) is 12.0 Å². The lowest BCUT2D eigenvalue weighted by molar-refractivity contribution is -0.126. The number of hydrogen-bond donors (Lipinski definition) is 1. The Hall–Kier alpha value is -2.37. The Morgan fingerprint density at radius 2 is 1.92 bits per heavy atom. The van der Waals surface area contributed by atoms with Gasteiger partial charge in [0, 0.05) is 18.7 Å². The molecule has 0 radical (unpaired) electrons. The Labute approximate surface area is 155 Å². The first-order chi connectivity index (χ1) is 12.0. The quantitative estimate of drug-likeness (QED) is 0.656. The highest BCUT2D eigenvalue weighted by atomic mass is 35.5. The molecule has 1 heterocycles. The van der Waals surface area contributed by atoms with E-state index in [1.807, 2.05) is 30.3 Å². The highest BCUT2D eigenvalue weighted by molar-refractivity contribution is 6.42. The van der Waals surface area contributed by atoms with E-state index < -0.39 is 5.92 Å². The molecule has 0 aromatic heterocycles. The zero-order chi connectivity index (χ0) is 17.8. The van der Waals surface area contributed by atoms with Gasteiger partial charge in [-0.25, -0.2) is 5.43 Å². The minimum atomic E-state index is -0.432. The van der Waals surface area contributed by atoms with Crippen molar-refractivity contribution < 1.29 is 9.59 Å². The van der Waals surface area contributed by atoms with Gasteiger partial charge < -0.3 is 4.90 Å². The van der Waals surface area contributed by atoms with Gasteiger partial charge in [-0.2, -0.15) is 5.10 Å². The predicted molar refractivity (Wildman–Crippen MR) is 99.1 cm³/mol. The minimum Gasteiger partial charge on any atom is -0.312 e. The molecule has 1 saturated heterocycles. The molecule has 0 saturated carbocycles. The van der Waals surface area contributed by atoms with E-state index in [1.54, 1.807) is 23.1 Å². The summed E-state index contributed by atoms with van der Waals surface area (Å²) in [4.78, 5) is 26.0. The first kappa shape index (κ1) is 17.5. The molecule has 1 atom stereocenters. The van der Waals surface area contributed by atoms with Gasteiger partial charge in [0.1, 0.15) is 0 Å². The third-order valence-corrected chi connectivity index (χ3v) is 4.63. The van der Waals surface area contributed by atoms with Crippen molar-refractivity contribution in [2.24, 2.45) is 11.0 Å². The van der Waals surface area contributed by atoms with Crippen molar-refractivity contribution in [2.75, 3.05) is 11.4 Å². The van der Waals surface area contributed by atoms with E-state index in [-0.39, 0.29) is 18.2 Å². The third-order valence-electron chi connectivity index (χ3n) is 3.90. The van der Waals surface area contributed by atoms with Crippen molar-refractivity contribution in [3.8, 4) is 0 Å².